The van der Waals surface area contributed by atoms with Crippen LogP contribution in [0.25, 0.3) is 54.7 Å². The van der Waals surface area contributed by atoms with Crippen molar-refractivity contribution in [1.29, 1.82) is 0 Å². The number of H-pyrrole nitrogens is 2. The fourth-order valence-corrected chi connectivity index (χ4v) is 5.05. The van der Waals surface area contributed by atoms with Gasteiger partial charge in [0.15, 0.2) is 0 Å². The second-order valence-electron chi connectivity index (χ2n) is 8.47. The van der Waals surface area contributed by atoms with Crippen molar-refractivity contribution in [1.82, 2.24) is 9.97 Å². The highest BCUT2D eigenvalue weighted by molar-refractivity contribution is 6.26. The molecular weight excluding hydrogens is 402 g/mol. The minimum absolute atomic E-state index is 1.08. The molecule has 0 aliphatic rings. The number of fused-ring (bicyclic) bond motifs is 7. The average Bonchev–Trinajstić information content (AvgIpc) is 3.43. The summed E-state index contributed by atoms with van der Waals surface area (Å²) in [6.45, 7) is 0. The molecular formula is C30H21N3. The summed E-state index contributed by atoms with van der Waals surface area (Å²) >= 11 is 0. The molecule has 0 unspecified atom stereocenters. The maximum Gasteiger partial charge on any atom is 0.0716 e. The second-order valence-corrected chi connectivity index (χ2v) is 8.47. The number of nitrogens with one attached hydrogen (secondary N) is 3. The molecule has 7 rings (SSSR count). The van der Waals surface area contributed by atoms with Crippen molar-refractivity contribution in [2.45, 2.75) is 0 Å². The summed E-state index contributed by atoms with van der Waals surface area (Å²) in [5.74, 6) is 0. The zero-order valence-electron chi connectivity index (χ0n) is 17.9. The summed E-state index contributed by atoms with van der Waals surface area (Å²) in [4.78, 5) is 7.38. The van der Waals surface area contributed by atoms with Gasteiger partial charge in [0.05, 0.1) is 11.0 Å². The van der Waals surface area contributed by atoms with Crippen LogP contribution in [0.1, 0.15) is 0 Å². The van der Waals surface area contributed by atoms with Gasteiger partial charge < -0.3 is 15.3 Å². The highest BCUT2D eigenvalue weighted by Gasteiger charge is 2.18. The van der Waals surface area contributed by atoms with Crippen LogP contribution >= 0.6 is 0 Å². The van der Waals surface area contributed by atoms with Gasteiger partial charge in [-0.2, -0.15) is 0 Å². The third-order valence-electron chi connectivity index (χ3n) is 6.53. The zero-order valence-corrected chi connectivity index (χ0v) is 17.9. The third kappa shape index (κ3) is 2.76. The minimum atomic E-state index is 1.08. The molecule has 156 valence electrons. The van der Waals surface area contributed by atoms with Crippen molar-refractivity contribution in [3.8, 4) is 11.1 Å². The second kappa shape index (κ2) is 7.01. The molecule has 3 heteroatoms. The third-order valence-corrected chi connectivity index (χ3v) is 6.53. The number of anilines is 2. The molecule has 5 aromatic carbocycles. The maximum atomic E-state index is 3.71. The minimum Gasteiger partial charge on any atom is -0.355 e. The molecule has 0 fully saturated rings. The van der Waals surface area contributed by atoms with Gasteiger partial charge in [-0.3, -0.25) is 0 Å². The van der Waals surface area contributed by atoms with Gasteiger partial charge in [-0.25, -0.2) is 0 Å². The molecule has 0 aliphatic carbocycles. The van der Waals surface area contributed by atoms with Crippen LogP contribution in [-0.4, -0.2) is 9.97 Å². The summed E-state index contributed by atoms with van der Waals surface area (Å²) in [6.07, 6.45) is 0. The number of benzene rings is 5. The fraction of sp³-hybridized carbons (Fsp3) is 0. The number of aromatic amines is 2. The van der Waals surface area contributed by atoms with Crippen LogP contribution in [0.5, 0.6) is 0 Å². The normalized spacial score (nSPS) is 11.6. The monoisotopic (exact) mass is 423 g/mol. The number of aromatic nitrogens is 2. The van der Waals surface area contributed by atoms with Gasteiger partial charge in [0.1, 0.15) is 0 Å². The van der Waals surface area contributed by atoms with Crippen molar-refractivity contribution < 1.29 is 0 Å². The van der Waals surface area contributed by atoms with E-state index < -0.39 is 0 Å². The van der Waals surface area contributed by atoms with E-state index in [1.165, 1.54) is 32.7 Å². The Bertz CT molecular complexity index is 1790. The first-order chi connectivity index (χ1) is 16.4. The summed E-state index contributed by atoms with van der Waals surface area (Å²) in [6, 6.07) is 38.4. The molecule has 3 nitrogen and oxygen atoms in total. The molecule has 0 saturated carbocycles. The molecule has 7 aromatic rings. The van der Waals surface area contributed by atoms with Gasteiger partial charge in [-0.05, 0) is 42.0 Å². The Morgan fingerprint density at radius 3 is 1.97 bits per heavy atom. The zero-order chi connectivity index (χ0) is 21.8. The van der Waals surface area contributed by atoms with Crippen LogP contribution < -0.4 is 5.32 Å². The van der Waals surface area contributed by atoms with Crippen LogP contribution in [0, 0.1) is 0 Å². The SMILES string of the molecule is c1ccc(Nc2ccccc2-c2cc3c4ccccc4[nH]c3c3[nH]c4ccccc4c23)cc1. The van der Waals surface area contributed by atoms with Crippen LogP contribution in [0.15, 0.2) is 109 Å². The van der Waals surface area contributed by atoms with Crippen LogP contribution in [-0.2, 0) is 0 Å². The van der Waals surface area contributed by atoms with Crippen molar-refractivity contribution >= 4 is 55.0 Å². The quantitative estimate of drug-likeness (QED) is 0.263. The lowest BCUT2D eigenvalue weighted by molar-refractivity contribution is 1.51. The summed E-state index contributed by atoms with van der Waals surface area (Å²) in [7, 11) is 0. The van der Waals surface area contributed by atoms with Crippen molar-refractivity contribution in [2.24, 2.45) is 0 Å². The van der Waals surface area contributed by atoms with Gasteiger partial charge in [-0.15, -0.1) is 0 Å². The average molecular weight is 424 g/mol. The summed E-state index contributed by atoms with van der Waals surface area (Å²) in [5, 5.41) is 8.58. The molecule has 33 heavy (non-hydrogen) atoms. The lowest BCUT2D eigenvalue weighted by Gasteiger charge is -2.14. The largest absolute Gasteiger partial charge is 0.355 e. The molecule has 0 amide bonds. The Morgan fingerprint density at radius 2 is 1.12 bits per heavy atom. The summed E-state index contributed by atoms with van der Waals surface area (Å²) in [5.41, 5.74) is 9.17. The Morgan fingerprint density at radius 1 is 0.485 bits per heavy atom. The van der Waals surface area contributed by atoms with Gasteiger partial charge >= 0.3 is 0 Å². The highest BCUT2D eigenvalue weighted by Crippen LogP contribution is 2.43. The number of hydrogen-bond acceptors (Lipinski definition) is 1. The molecule has 0 spiro atoms. The predicted octanol–water partition coefficient (Wildman–Crippen LogP) is 8.37. The van der Waals surface area contributed by atoms with Crippen LogP contribution in [0.2, 0.25) is 0 Å². The molecule has 2 heterocycles. The number of para-hydroxylation sites is 4. The molecule has 0 bridgehead atoms. The van der Waals surface area contributed by atoms with Gasteiger partial charge in [0.25, 0.3) is 0 Å². The standard InChI is InChI=1S/C30H21N3/c1-2-10-19(11-3-1)31-25-15-7-4-12-20(25)23-18-24-21-13-5-8-16-26(21)32-29(24)30-28(23)22-14-6-9-17-27(22)33-30/h1-18,31-33H. The van der Waals surface area contributed by atoms with E-state index in [2.05, 4.69) is 118 Å². The van der Waals surface area contributed by atoms with Crippen LogP contribution in [0.4, 0.5) is 11.4 Å². The Balaban J connectivity index is 1.60. The van der Waals surface area contributed by atoms with E-state index in [0.29, 0.717) is 0 Å². The smallest absolute Gasteiger partial charge is 0.0716 e. The fourth-order valence-electron chi connectivity index (χ4n) is 5.05. The molecule has 3 N–H and O–H groups in total. The van der Waals surface area contributed by atoms with Crippen molar-refractivity contribution in [3.63, 3.8) is 0 Å². The predicted molar refractivity (Wildman–Crippen MR) is 140 cm³/mol. The Labute approximate surface area is 190 Å². The maximum absolute atomic E-state index is 3.71. The topological polar surface area (TPSA) is 43.6 Å². The molecule has 0 atom stereocenters. The van der Waals surface area contributed by atoms with E-state index in [0.717, 1.165) is 33.4 Å². The molecule has 0 saturated heterocycles. The van der Waals surface area contributed by atoms with E-state index in [1.54, 1.807) is 0 Å². The van der Waals surface area contributed by atoms with Gasteiger partial charge in [0.2, 0.25) is 0 Å². The van der Waals surface area contributed by atoms with E-state index in [9.17, 15) is 0 Å². The van der Waals surface area contributed by atoms with E-state index in [4.69, 9.17) is 0 Å². The molecule has 2 aromatic heterocycles. The summed E-state index contributed by atoms with van der Waals surface area (Å²) < 4.78 is 0. The molecule has 0 radical (unpaired) electrons. The van der Waals surface area contributed by atoms with E-state index >= 15 is 0 Å². The molecule has 0 aliphatic heterocycles. The number of hydrogen-bond donors (Lipinski definition) is 3. The first kappa shape index (κ1) is 18.1. The lowest BCUT2D eigenvalue weighted by atomic mass is 9.95. The lowest BCUT2D eigenvalue weighted by Crippen LogP contribution is -1.93. The van der Waals surface area contributed by atoms with Crippen molar-refractivity contribution in [2.75, 3.05) is 5.32 Å². The van der Waals surface area contributed by atoms with Crippen molar-refractivity contribution in [3.05, 3.63) is 109 Å². The van der Waals surface area contributed by atoms with E-state index in [-0.39, 0.29) is 0 Å². The Kier molecular flexibility index (Phi) is 3.84. The van der Waals surface area contributed by atoms with Gasteiger partial charge in [0, 0.05) is 49.5 Å². The highest BCUT2D eigenvalue weighted by atomic mass is 14.9. The Hall–Kier alpha value is -4.50. The van der Waals surface area contributed by atoms with E-state index in [1.807, 2.05) is 6.07 Å². The first-order valence-electron chi connectivity index (χ1n) is 11.2. The van der Waals surface area contributed by atoms with Crippen LogP contribution in [0.3, 0.4) is 0 Å². The van der Waals surface area contributed by atoms with Gasteiger partial charge in [-0.1, -0.05) is 72.8 Å². The number of rotatable bonds is 3. The first-order valence-corrected chi connectivity index (χ1v) is 11.2.